The van der Waals surface area contributed by atoms with E-state index in [-0.39, 0.29) is 0 Å². The molecule has 1 aliphatic rings. The van der Waals surface area contributed by atoms with E-state index in [9.17, 15) is 0 Å². The number of piperidine rings is 1. The Morgan fingerprint density at radius 3 is 2.55 bits per heavy atom. The maximum absolute atomic E-state index is 3.60. The van der Waals surface area contributed by atoms with Gasteiger partial charge in [0.05, 0.1) is 0 Å². The van der Waals surface area contributed by atoms with Crippen molar-refractivity contribution >= 4 is 0 Å². The average Bonchev–Trinajstić information content (AvgIpc) is 2.07. The first-order chi connectivity index (χ1) is 5.43. The first kappa shape index (κ1) is 9.01. The van der Waals surface area contributed by atoms with E-state index >= 15 is 0 Å². The minimum atomic E-state index is 1.05. The Kier molecular flexibility index (Phi) is 4.55. The number of likely N-dealkylation sites (tertiary alicyclic amines) is 1. The molecule has 0 amide bonds. The van der Waals surface area contributed by atoms with Crippen molar-refractivity contribution in [3.8, 4) is 0 Å². The summed E-state index contributed by atoms with van der Waals surface area (Å²) < 4.78 is 0. The summed E-state index contributed by atoms with van der Waals surface area (Å²) >= 11 is 0. The van der Waals surface area contributed by atoms with Crippen LogP contribution in [0.4, 0.5) is 0 Å². The lowest BCUT2D eigenvalue weighted by molar-refractivity contribution is 0.226. The van der Waals surface area contributed by atoms with Crippen molar-refractivity contribution in [2.24, 2.45) is 0 Å². The van der Waals surface area contributed by atoms with Crippen molar-refractivity contribution in [1.29, 1.82) is 0 Å². The summed E-state index contributed by atoms with van der Waals surface area (Å²) in [5.41, 5.74) is 0. The van der Waals surface area contributed by atoms with Crippen molar-refractivity contribution in [2.75, 3.05) is 26.2 Å². The zero-order chi connectivity index (χ0) is 7.94. The average molecular weight is 155 g/mol. The zero-order valence-electron chi connectivity index (χ0n) is 7.31. The van der Waals surface area contributed by atoms with Gasteiger partial charge in [-0.15, -0.1) is 0 Å². The monoisotopic (exact) mass is 155 g/mol. The predicted molar refractivity (Wildman–Crippen MR) is 48.3 cm³/mol. The summed E-state index contributed by atoms with van der Waals surface area (Å²) in [7, 11) is 3.60. The Morgan fingerprint density at radius 1 is 1.18 bits per heavy atom. The second kappa shape index (κ2) is 5.56. The fourth-order valence-electron chi connectivity index (χ4n) is 1.61. The van der Waals surface area contributed by atoms with Gasteiger partial charge < -0.3 is 10.2 Å². The van der Waals surface area contributed by atoms with Gasteiger partial charge in [0.25, 0.3) is 0 Å². The second-order valence-electron chi connectivity index (χ2n) is 3.26. The molecule has 1 heterocycles. The molecule has 1 N–H and O–H groups in total. The van der Waals surface area contributed by atoms with Crippen LogP contribution in [0.15, 0.2) is 0 Å². The minimum Gasteiger partial charge on any atom is -0.315 e. The van der Waals surface area contributed by atoms with E-state index in [1.54, 1.807) is 0 Å². The summed E-state index contributed by atoms with van der Waals surface area (Å²) in [5.74, 6) is 0. The predicted octanol–water partition coefficient (Wildman–Crippen LogP) is 1.24. The van der Waals surface area contributed by atoms with Crippen LogP contribution in [0.5, 0.6) is 0 Å². The molecule has 0 aromatic heterocycles. The summed E-state index contributed by atoms with van der Waals surface area (Å²) in [6.45, 7) is 4.94. The minimum absolute atomic E-state index is 1.05. The third kappa shape index (κ3) is 3.73. The van der Waals surface area contributed by atoms with Crippen LogP contribution in [0.1, 0.15) is 25.7 Å². The molecule has 1 aliphatic heterocycles. The van der Waals surface area contributed by atoms with E-state index in [4.69, 9.17) is 0 Å². The molecule has 0 aliphatic carbocycles. The lowest BCUT2D eigenvalue weighted by Gasteiger charge is -2.26. The van der Waals surface area contributed by atoms with Gasteiger partial charge in [-0.1, -0.05) is 6.42 Å². The highest BCUT2D eigenvalue weighted by Gasteiger charge is 2.08. The maximum Gasteiger partial charge on any atom is 0.00767 e. The van der Waals surface area contributed by atoms with Crippen LogP contribution >= 0.6 is 0 Å². The molecule has 1 rings (SSSR count). The van der Waals surface area contributed by atoms with Crippen LogP contribution in [0, 0.1) is 7.05 Å². The molecule has 1 fully saturated rings. The van der Waals surface area contributed by atoms with Crippen LogP contribution in [-0.4, -0.2) is 31.1 Å². The molecule has 2 nitrogen and oxygen atoms in total. The van der Waals surface area contributed by atoms with Gasteiger partial charge in [-0.2, -0.15) is 0 Å². The van der Waals surface area contributed by atoms with Crippen molar-refractivity contribution in [2.45, 2.75) is 25.7 Å². The number of rotatable bonds is 4. The highest BCUT2D eigenvalue weighted by atomic mass is 15.1. The van der Waals surface area contributed by atoms with Crippen molar-refractivity contribution in [3.63, 3.8) is 0 Å². The molecule has 65 valence electrons. The molecule has 2 heteroatoms. The Morgan fingerprint density at radius 2 is 1.91 bits per heavy atom. The summed E-state index contributed by atoms with van der Waals surface area (Å²) in [5, 5.41) is 2.93. The van der Waals surface area contributed by atoms with Crippen LogP contribution < -0.4 is 5.32 Å². The molecule has 1 radical (unpaired) electrons. The largest absolute Gasteiger partial charge is 0.315 e. The number of nitrogens with one attached hydrogen (secondary N) is 1. The van der Waals surface area contributed by atoms with E-state index < -0.39 is 0 Å². The van der Waals surface area contributed by atoms with Gasteiger partial charge in [-0.05, 0) is 45.4 Å². The number of hydrogen-bond acceptors (Lipinski definition) is 2. The van der Waals surface area contributed by atoms with Crippen molar-refractivity contribution < 1.29 is 0 Å². The molecule has 0 aromatic rings. The lowest BCUT2D eigenvalue weighted by Crippen LogP contribution is -2.31. The van der Waals surface area contributed by atoms with Gasteiger partial charge in [0.1, 0.15) is 0 Å². The first-order valence-corrected chi connectivity index (χ1v) is 4.66. The topological polar surface area (TPSA) is 15.3 Å². The van der Waals surface area contributed by atoms with Gasteiger partial charge in [0.2, 0.25) is 0 Å². The molecular formula is C9H19N2. The van der Waals surface area contributed by atoms with E-state index in [0.717, 1.165) is 6.54 Å². The summed E-state index contributed by atoms with van der Waals surface area (Å²) in [6.07, 6.45) is 5.48. The molecule has 0 bridgehead atoms. The Balaban J connectivity index is 1.96. The third-order valence-corrected chi connectivity index (χ3v) is 2.28. The van der Waals surface area contributed by atoms with Crippen LogP contribution in [0.25, 0.3) is 0 Å². The first-order valence-electron chi connectivity index (χ1n) is 4.66. The normalized spacial score (nSPS) is 20.5. The Hall–Kier alpha value is -0.0800. The smallest absolute Gasteiger partial charge is 0.00767 e. The molecule has 11 heavy (non-hydrogen) atoms. The second-order valence-corrected chi connectivity index (χ2v) is 3.26. The van der Waals surface area contributed by atoms with Crippen molar-refractivity contribution in [3.05, 3.63) is 7.05 Å². The lowest BCUT2D eigenvalue weighted by atomic mass is 10.1. The standard InChI is InChI=1S/C9H19N2/c1-10-6-5-9-11-7-3-2-4-8-11/h10H,1-9H2. The zero-order valence-corrected chi connectivity index (χ0v) is 7.31. The van der Waals surface area contributed by atoms with Crippen LogP contribution in [-0.2, 0) is 0 Å². The third-order valence-electron chi connectivity index (χ3n) is 2.28. The van der Waals surface area contributed by atoms with Gasteiger partial charge in [0.15, 0.2) is 0 Å². The Labute approximate surface area is 70.0 Å². The van der Waals surface area contributed by atoms with Gasteiger partial charge >= 0.3 is 0 Å². The number of hydrogen-bond donors (Lipinski definition) is 1. The van der Waals surface area contributed by atoms with Gasteiger partial charge in [-0.25, -0.2) is 0 Å². The van der Waals surface area contributed by atoms with Gasteiger partial charge in [-0.3, -0.25) is 0 Å². The Bertz CT molecular complexity index is 87.6. The van der Waals surface area contributed by atoms with E-state index in [0.29, 0.717) is 0 Å². The molecule has 0 unspecified atom stereocenters. The van der Waals surface area contributed by atoms with Crippen LogP contribution in [0.2, 0.25) is 0 Å². The number of nitrogens with zero attached hydrogens (tertiary/aromatic N) is 1. The fourth-order valence-corrected chi connectivity index (χ4v) is 1.61. The maximum atomic E-state index is 3.60. The summed E-state index contributed by atoms with van der Waals surface area (Å²) in [4.78, 5) is 2.56. The van der Waals surface area contributed by atoms with Crippen molar-refractivity contribution in [1.82, 2.24) is 10.2 Å². The van der Waals surface area contributed by atoms with E-state index in [1.165, 1.54) is 45.3 Å². The summed E-state index contributed by atoms with van der Waals surface area (Å²) in [6, 6.07) is 0. The highest BCUT2D eigenvalue weighted by Crippen LogP contribution is 2.08. The molecule has 0 atom stereocenters. The molecule has 0 aromatic carbocycles. The molecule has 0 saturated carbocycles. The molecular weight excluding hydrogens is 136 g/mol. The van der Waals surface area contributed by atoms with E-state index in [2.05, 4.69) is 17.3 Å². The van der Waals surface area contributed by atoms with E-state index in [1.807, 2.05) is 0 Å². The molecule has 1 saturated heterocycles. The highest BCUT2D eigenvalue weighted by molar-refractivity contribution is 4.64. The quantitative estimate of drug-likeness (QED) is 0.615. The van der Waals surface area contributed by atoms with Gasteiger partial charge in [0, 0.05) is 7.05 Å². The molecule has 0 spiro atoms. The SMILES string of the molecule is [CH2]NCCCN1CCCCC1. The fraction of sp³-hybridized carbons (Fsp3) is 0.889. The van der Waals surface area contributed by atoms with Crippen LogP contribution in [0.3, 0.4) is 0 Å².